The topological polar surface area (TPSA) is 117 Å². The number of hydrogen-bond donors (Lipinski definition) is 4. The second-order valence-corrected chi connectivity index (χ2v) is 10.1. The Morgan fingerprint density at radius 2 is 2.10 bits per heavy atom. The average molecular weight is 431 g/mol. The summed E-state index contributed by atoms with van der Waals surface area (Å²) in [6.07, 6.45) is -3.67. The molecule has 1 amide bonds. The molecule has 29 heavy (non-hydrogen) atoms. The first-order valence-corrected chi connectivity index (χ1v) is 10.7. The number of nitrogens with one attached hydrogen (secondary N) is 1. The van der Waals surface area contributed by atoms with Crippen molar-refractivity contribution < 1.29 is 32.2 Å². The number of fused-ring (bicyclic) bond motifs is 5. The minimum Gasteiger partial charge on any atom is -0.465 e. The van der Waals surface area contributed by atoms with Crippen molar-refractivity contribution in [2.45, 2.75) is 30.2 Å². The molecule has 7 nitrogen and oxygen atoms in total. The van der Waals surface area contributed by atoms with Crippen LogP contribution < -0.4 is 9.62 Å². The van der Waals surface area contributed by atoms with Crippen LogP contribution in [0.1, 0.15) is 30.4 Å². The average Bonchev–Trinajstić information content (AvgIpc) is 3.29. The fourth-order valence-corrected chi connectivity index (χ4v) is 8.39. The highest BCUT2D eigenvalue weighted by Crippen LogP contribution is 2.76. The maximum Gasteiger partial charge on any atom is 0.417 e. The third-order valence-electron chi connectivity index (χ3n) is 6.77. The van der Waals surface area contributed by atoms with E-state index in [2.05, 4.69) is 5.32 Å². The highest BCUT2D eigenvalue weighted by molar-refractivity contribution is 8.26. The number of nitriles is 1. The Balaban J connectivity index is 1.78. The van der Waals surface area contributed by atoms with Crippen LogP contribution in [0, 0.1) is 29.1 Å². The van der Waals surface area contributed by atoms with Gasteiger partial charge in [0.15, 0.2) is 0 Å². The molecule has 1 aliphatic heterocycles. The SMILES string of the molecule is N#Cc1ccc(N2C[C@H]3[C@H]4CC[C@H](C4)[C@@]3(CNC(=O)O)S2(O)O)cc1C(F)(F)F. The number of benzene rings is 1. The molecule has 0 unspecified atom stereocenters. The van der Waals surface area contributed by atoms with Gasteiger partial charge in [-0.3, -0.25) is 13.4 Å². The molecule has 0 aromatic heterocycles. The molecule has 2 aliphatic carbocycles. The Hall–Kier alpha value is -2.16. The zero-order valence-corrected chi connectivity index (χ0v) is 16.0. The second kappa shape index (κ2) is 6.42. The molecule has 2 bridgehead atoms. The Labute approximate surface area is 166 Å². The summed E-state index contributed by atoms with van der Waals surface area (Å²) in [6, 6.07) is 4.59. The third-order valence-corrected chi connectivity index (χ3v) is 9.55. The normalized spacial score (nSPS) is 33.2. The largest absolute Gasteiger partial charge is 0.465 e. The zero-order valence-electron chi connectivity index (χ0n) is 15.2. The molecular formula is C18H20F3N3O4S. The van der Waals surface area contributed by atoms with Crippen LogP contribution in [0.15, 0.2) is 18.2 Å². The van der Waals surface area contributed by atoms with Crippen LogP contribution in [0.2, 0.25) is 0 Å². The van der Waals surface area contributed by atoms with Crippen molar-refractivity contribution in [1.82, 2.24) is 5.32 Å². The molecular weight excluding hydrogens is 411 g/mol. The van der Waals surface area contributed by atoms with E-state index in [1.165, 1.54) is 16.4 Å². The summed E-state index contributed by atoms with van der Waals surface area (Å²) in [5.74, 6) is -0.171. The number of carboxylic acid groups (broad SMARTS) is 1. The molecule has 1 heterocycles. The van der Waals surface area contributed by atoms with E-state index in [0.717, 1.165) is 31.4 Å². The van der Waals surface area contributed by atoms with Crippen molar-refractivity contribution in [3.63, 3.8) is 0 Å². The number of nitrogens with zero attached hydrogens (tertiary/aromatic N) is 2. The van der Waals surface area contributed by atoms with E-state index in [0.29, 0.717) is 0 Å². The highest BCUT2D eigenvalue weighted by atomic mass is 32.3. The predicted molar refractivity (Wildman–Crippen MR) is 99.4 cm³/mol. The minimum absolute atomic E-state index is 0.0279. The highest BCUT2D eigenvalue weighted by Gasteiger charge is 2.70. The van der Waals surface area contributed by atoms with Gasteiger partial charge >= 0.3 is 12.3 Å². The lowest BCUT2D eigenvalue weighted by atomic mass is 9.78. The number of anilines is 1. The Morgan fingerprint density at radius 1 is 1.38 bits per heavy atom. The lowest BCUT2D eigenvalue weighted by molar-refractivity contribution is -0.137. The smallest absolute Gasteiger partial charge is 0.417 e. The van der Waals surface area contributed by atoms with Crippen molar-refractivity contribution in [1.29, 1.82) is 5.26 Å². The van der Waals surface area contributed by atoms with Crippen LogP contribution in [0.4, 0.5) is 23.7 Å². The number of amides is 1. The van der Waals surface area contributed by atoms with Gasteiger partial charge in [0.1, 0.15) is 4.75 Å². The van der Waals surface area contributed by atoms with E-state index in [4.69, 9.17) is 10.4 Å². The lowest BCUT2D eigenvalue weighted by Crippen LogP contribution is -2.52. The summed E-state index contributed by atoms with van der Waals surface area (Å²) in [6.45, 7) is -0.0244. The van der Waals surface area contributed by atoms with Crippen molar-refractivity contribution in [3.8, 4) is 6.07 Å². The molecule has 2 saturated carbocycles. The number of halogens is 3. The summed E-state index contributed by atoms with van der Waals surface area (Å²) in [5.41, 5.74) is -1.70. The van der Waals surface area contributed by atoms with Gasteiger partial charge in [-0.15, -0.1) is 10.8 Å². The molecule has 4 N–H and O–H groups in total. The maximum atomic E-state index is 13.4. The van der Waals surface area contributed by atoms with E-state index in [1.54, 1.807) is 0 Å². The van der Waals surface area contributed by atoms with Gasteiger partial charge < -0.3 is 10.4 Å². The Morgan fingerprint density at radius 3 is 2.72 bits per heavy atom. The van der Waals surface area contributed by atoms with Crippen molar-refractivity contribution in [3.05, 3.63) is 29.3 Å². The maximum absolute atomic E-state index is 13.4. The van der Waals surface area contributed by atoms with Gasteiger partial charge in [0, 0.05) is 19.0 Å². The summed E-state index contributed by atoms with van der Waals surface area (Å²) >= 11 is 0. The first kappa shape index (κ1) is 20.1. The fraction of sp³-hybridized carbons (Fsp3) is 0.556. The van der Waals surface area contributed by atoms with E-state index in [9.17, 15) is 27.1 Å². The molecule has 0 spiro atoms. The van der Waals surface area contributed by atoms with Crippen LogP contribution in [-0.4, -0.2) is 38.1 Å². The molecule has 3 fully saturated rings. The summed E-state index contributed by atoms with van der Waals surface area (Å²) in [4.78, 5) is 11.1. The third kappa shape index (κ3) is 2.77. The van der Waals surface area contributed by atoms with Gasteiger partial charge in [-0.25, -0.2) is 4.79 Å². The van der Waals surface area contributed by atoms with E-state index < -0.39 is 38.9 Å². The number of hydrogen-bond acceptors (Lipinski definition) is 5. The van der Waals surface area contributed by atoms with E-state index >= 15 is 0 Å². The van der Waals surface area contributed by atoms with Gasteiger partial charge in [-0.1, -0.05) is 0 Å². The Kier molecular flexibility index (Phi) is 4.45. The predicted octanol–water partition coefficient (Wildman–Crippen LogP) is 4.12. The quantitative estimate of drug-likeness (QED) is 0.572. The molecule has 1 aromatic carbocycles. The number of rotatable bonds is 3. The standard InChI is InChI=1S/C18H20F3N3O4S/c19-18(20,21)14-6-13(4-2-11(14)7-22)24-8-15-10-1-3-12(5-10)17(15,29(24,27)28)9-23-16(25)26/h2,4,6,10,12,15,23,27-28H,1,3,5,8-9H2,(H,25,26)/t10-,12+,15-,17+/m0/s1. The van der Waals surface area contributed by atoms with Crippen LogP contribution in [0.25, 0.3) is 0 Å². The van der Waals surface area contributed by atoms with Gasteiger partial charge in [0.2, 0.25) is 0 Å². The lowest BCUT2D eigenvalue weighted by Gasteiger charge is -2.53. The zero-order chi connectivity index (χ0) is 21.2. The first-order valence-electron chi connectivity index (χ1n) is 9.16. The molecule has 158 valence electrons. The van der Waals surface area contributed by atoms with Crippen LogP contribution >= 0.6 is 10.8 Å². The molecule has 4 atom stereocenters. The van der Waals surface area contributed by atoms with Gasteiger partial charge in [-0.05, 0) is 49.3 Å². The first-order chi connectivity index (χ1) is 13.5. The van der Waals surface area contributed by atoms with E-state index in [-0.39, 0.29) is 36.5 Å². The van der Waals surface area contributed by atoms with Crippen LogP contribution in [0.3, 0.4) is 0 Å². The molecule has 1 saturated heterocycles. The molecule has 3 aliphatic rings. The molecule has 0 radical (unpaired) electrons. The molecule has 1 aromatic rings. The molecule has 11 heteroatoms. The minimum atomic E-state index is -4.76. The Bertz CT molecular complexity index is 903. The molecule has 4 rings (SSSR count). The summed E-state index contributed by atoms with van der Waals surface area (Å²) in [7, 11) is -3.63. The van der Waals surface area contributed by atoms with Crippen molar-refractivity contribution in [2.75, 3.05) is 17.4 Å². The van der Waals surface area contributed by atoms with Crippen LogP contribution in [0.5, 0.6) is 0 Å². The summed E-state index contributed by atoms with van der Waals surface area (Å²) in [5, 5.41) is 20.3. The second-order valence-electron chi connectivity index (χ2n) is 7.91. The van der Waals surface area contributed by atoms with Gasteiger partial charge in [0.25, 0.3) is 0 Å². The van der Waals surface area contributed by atoms with E-state index in [1.807, 2.05) is 0 Å². The summed E-state index contributed by atoms with van der Waals surface area (Å²) < 4.78 is 62.8. The van der Waals surface area contributed by atoms with Gasteiger partial charge in [0.05, 0.1) is 22.9 Å². The number of alkyl halides is 3. The van der Waals surface area contributed by atoms with Crippen molar-refractivity contribution >= 4 is 22.6 Å². The van der Waals surface area contributed by atoms with Gasteiger partial charge in [-0.2, -0.15) is 18.4 Å². The monoisotopic (exact) mass is 431 g/mol. The fourth-order valence-electron chi connectivity index (χ4n) is 5.60. The number of carbonyl (C=O) groups is 1. The van der Waals surface area contributed by atoms with Crippen LogP contribution in [-0.2, 0) is 6.18 Å². The van der Waals surface area contributed by atoms with Crippen molar-refractivity contribution in [2.24, 2.45) is 17.8 Å².